The van der Waals surface area contributed by atoms with Crippen molar-refractivity contribution >= 4 is 5.69 Å². The van der Waals surface area contributed by atoms with Crippen LogP contribution in [0.3, 0.4) is 0 Å². The van der Waals surface area contributed by atoms with Crippen LogP contribution in [0.4, 0.5) is 18.9 Å². The van der Waals surface area contributed by atoms with Crippen molar-refractivity contribution in [1.82, 2.24) is 0 Å². The van der Waals surface area contributed by atoms with Crippen molar-refractivity contribution in [3.05, 3.63) is 23.8 Å². The molecule has 0 N–H and O–H groups in total. The highest BCUT2D eigenvalue weighted by Gasteiger charge is 2.62. The zero-order valence-corrected chi connectivity index (χ0v) is 12.6. The third-order valence-corrected chi connectivity index (χ3v) is 4.23. The summed E-state index contributed by atoms with van der Waals surface area (Å²) < 4.78 is 44.6. The first-order valence-corrected chi connectivity index (χ1v) is 7.46. The van der Waals surface area contributed by atoms with Gasteiger partial charge in [-0.2, -0.15) is 13.2 Å². The van der Waals surface area contributed by atoms with Crippen molar-refractivity contribution in [1.29, 1.82) is 0 Å². The molecule has 0 atom stereocenters. The van der Waals surface area contributed by atoms with Crippen molar-refractivity contribution in [3.8, 4) is 17.6 Å². The Hall–Kier alpha value is -1.83. The Balaban J connectivity index is 1.96. The Bertz CT molecular complexity index is 636. The van der Waals surface area contributed by atoms with E-state index in [2.05, 4.69) is 30.6 Å². The van der Waals surface area contributed by atoms with E-state index in [4.69, 9.17) is 4.74 Å². The topological polar surface area (TPSA) is 12.5 Å². The third-order valence-electron chi connectivity index (χ3n) is 4.23. The highest BCUT2D eigenvalue weighted by atomic mass is 19.4. The lowest BCUT2D eigenvalue weighted by Gasteiger charge is -2.34. The lowest BCUT2D eigenvalue weighted by molar-refractivity contribution is -0.168. The van der Waals surface area contributed by atoms with Crippen LogP contribution in [-0.2, 0) is 0 Å². The van der Waals surface area contributed by atoms with Gasteiger partial charge in [0.25, 0.3) is 0 Å². The van der Waals surface area contributed by atoms with Crippen molar-refractivity contribution in [3.63, 3.8) is 0 Å². The van der Waals surface area contributed by atoms with Gasteiger partial charge in [0.1, 0.15) is 12.0 Å². The molecule has 2 aliphatic rings. The third kappa shape index (κ3) is 2.51. The van der Waals surface area contributed by atoms with E-state index in [-0.39, 0.29) is 12.8 Å². The second kappa shape index (κ2) is 5.12. The van der Waals surface area contributed by atoms with Gasteiger partial charge in [0, 0.05) is 6.04 Å². The first-order valence-electron chi connectivity index (χ1n) is 7.46. The molecule has 0 radical (unpaired) electrons. The number of anilines is 1. The number of ether oxygens (including phenoxy) is 1. The molecule has 5 heteroatoms. The first kappa shape index (κ1) is 15.1. The molecule has 1 aromatic carbocycles. The smallest absolute Gasteiger partial charge is 0.405 e. The van der Waals surface area contributed by atoms with E-state index >= 15 is 0 Å². The van der Waals surface area contributed by atoms with Crippen molar-refractivity contribution in [2.24, 2.45) is 5.41 Å². The fourth-order valence-corrected chi connectivity index (χ4v) is 2.70. The van der Waals surface area contributed by atoms with Crippen molar-refractivity contribution in [2.75, 3.05) is 18.1 Å². The van der Waals surface area contributed by atoms with E-state index in [1.165, 1.54) is 0 Å². The van der Waals surface area contributed by atoms with Gasteiger partial charge in [-0.1, -0.05) is 17.9 Å². The molecule has 1 aromatic rings. The van der Waals surface area contributed by atoms with Crippen LogP contribution in [0.15, 0.2) is 18.2 Å². The van der Waals surface area contributed by atoms with Crippen molar-refractivity contribution < 1.29 is 17.9 Å². The number of para-hydroxylation sites is 1. The number of benzene rings is 1. The van der Waals surface area contributed by atoms with Gasteiger partial charge in [-0.15, -0.1) is 0 Å². The summed E-state index contributed by atoms with van der Waals surface area (Å²) in [7, 11) is 0. The van der Waals surface area contributed by atoms with Crippen LogP contribution in [0.25, 0.3) is 0 Å². The molecule has 1 aliphatic heterocycles. The number of halogens is 3. The quantitative estimate of drug-likeness (QED) is 0.727. The summed E-state index contributed by atoms with van der Waals surface area (Å²) >= 11 is 0. The average molecular weight is 309 g/mol. The van der Waals surface area contributed by atoms with E-state index in [1.807, 2.05) is 12.1 Å². The maximum atomic E-state index is 13.0. The predicted octanol–water partition coefficient (Wildman–Crippen LogP) is 3.99. The minimum absolute atomic E-state index is 0.0947. The monoisotopic (exact) mass is 309 g/mol. The molecule has 3 rings (SSSR count). The number of nitrogens with zero attached hydrogens (tertiary/aromatic N) is 1. The first-order chi connectivity index (χ1) is 10.3. The van der Waals surface area contributed by atoms with Crippen LogP contribution >= 0.6 is 0 Å². The molecule has 1 aliphatic carbocycles. The Labute approximate surface area is 128 Å². The molecule has 0 aromatic heterocycles. The summed E-state index contributed by atoms with van der Waals surface area (Å²) in [5.74, 6) is 5.77. The Kier molecular flexibility index (Phi) is 3.51. The van der Waals surface area contributed by atoms with Gasteiger partial charge in [-0.3, -0.25) is 0 Å². The molecule has 0 unspecified atom stereocenters. The summed E-state index contributed by atoms with van der Waals surface area (Å²) in [4.78, 5) is 2.18. The zero-order chi connectivity index (χ0) is 16.0. The van der Waals surface area contributed by atoms with E-state index < -0.39 is 11.6 Å². The number of hydrogen-bond donors (Lipinski definition) is 0. The molecule has 2 nitrogen and oxygen atoms in total. The Morgan fingerprint density at radius 1 is 1.27 bits per heavy atom. The van der Waals surface area contributed by atoms with Gasteiger partial charge in [0.15, 0.2) is 5.75 Å². The molecule has 0 saturated heterocycles. The van der Waals surface area contributed by atoms with Crippen LogP contribution in [0.2, 0.25) is 0 Å². The number of rotatable bonds is 1. The molecule has 1 heterocycles. The Morgan fingerprint density at radius 3 is 2.59 bits per heavy atom. The summed E-state index contributed by atoms with van der Waals surface area (Å²) in [5, 5.41) is 0. The van der Waals surface area contributed by atoms with E-state index in [1.54, 1.807) is 6.07 Å². The molecule has 0 bridgehead atoms. The van der Waals surface area contributed by atoms with Gasteiger partial charge >= 0.3 is 6.18 Å². The van der Waals surface area contributed by atoms with Crippen LogP contribution in [0.5, 0.6) is 5.75 Å². The maximum absolute atomic E-state index is 13.0. The summed E-state index contributed by atoms with van der Waals surface area (Å²) in [5.41, 5.74) is -0.356. The molecule has 118 valence electrons. The lowest BCUT2D eigenvalue weighted by Crippen LogP contribution is -2.38. The highest BCUT2D eigenvalue weighted by Crippen LogP contribution is 2.57. The SMILES string of the molecule is CC(C)N1CCOc2c(C#CC3(C(F)(F)F)CC3)cccc21. The minimum Gasteiger partial charge on any atom is -0.488 e. The van der Waals surface area contributed by atoms with E-state index in [0.29, 0.717) is 24.0 Å². The second-order valence-corrected chi connectivity index (χ2v) is 6.12. The molecule has 22 heavy (non-hydrogen) atoms. The maximum Gasteiger partial charge on any atom is 0.405 e. The molecule has 1 saturated carbocycles. The predicted molar refractivity (Wildman–Crippen MR) is 79.0 cm³/mol. The summed E-state index contributed by atoms with van der Waals surface area (Å²) in [6.07, 6.45) is -4.06. The normalized spacial score (nSPS) is 19.1. The molecule has 1 fully saturated rings. The molecule has 0 amide bonds. The van der Waals surface area contributed by atoms with Crippen molar-refractivity contribution in [2.45, 2.75) is 38.9 Å². The molecular formula is C17H18F3NO. The largest absolute Gasteiger partial charge is 0.488 e. The number of fused-ring (bicyclic) bond motifs is 1. The zero-order valence-electron chi connectivity index (χ0n) is 12.6. The standard InChI is InChI=1S/C17H18F3NO/c1-12(2)21-10-11-22-15-13(4-3-5-14(15)21)6-7-16(8-9-16)17(18,19)20/h3-5,12H,8-11H2,1-2H3. The van der Waals surface area contributed by atoms with Crippen LogP contribution in [0.1, 0.15) is 32.3 Å². The average Bonchev–Trinajstić information content (AvgIpc) is 3.25. The Morgan fingerprint density at radius 2 is 2.00 bits per heavy atom. The van der Waals surface area contributed by atoms with Gasteiger partial charge in [-0.05, 0) is 38.8 Å². The van der Waals surface area contributed by atoms with Gasteiger partial charge in [0.2, 0.25) is 0 Å². The second-order valence-electron chi connectivity index (χ2n) is 6.12. The fourth-order valence-electron chi connectivity index (χ4n) is 2.70. The van der Waals surface area contributed by atoms with Crippen LogP contribution < -0.4 is 9.64 Å². The summed E-state index contributed by atoms with van der Waals surface area (Å²) in [6, 6.07) is 5.77. The number of hydrogen-bond acceptors (Lipinski definition) is 2. The molecular weight excluding hydrogens is 291 g/mol. The lowest BCUT2D eigenvalue weighted by atomic mass is 10.1. The van der Waals surface area contributed by atoms with E-state index in [0.717, 1.165) is 12.2 Å². The van der Waals surface area contributed by atoms with Crippen LogP contribution in [-0.4, -0.2) is 25.4 Å². The minimum atomic E-state index is -4.25. The van der Waals surface area contributed by atoms with Gasteiger partial charge in [0.05, 0.1) is 17.8 Å². The molecule has 0 spiro atoms. The highest BCUT2D eigenvalue weighted by molar-refractivity contribution is 5.67. The number of alkyl halides is 3. The van der Waals surface area contributed by atoms with Gasteiger partial charge in [-0.25, -0.2) is 0 Å². The van der Waals surface area contributed by atoms with E-state index in [9.17, 15) is 13.2 Å². The van der Waals surface area contributed by atoms with Gasteiger partial charge < -0.3 is 9.64 Å². The fraction of sp³-hybridized carbons (Fsp3) is 0.529. The summed E-state index contributed by atoms with van der Waals surface area (Å²) in [6.45, 7) is 5.45. The van der Waals surface area contributed by atoms with Crippen LogP contribution in [0, 0.1) is 17.3 Å².